The average molecular weight is 280 g/mol. The summed E-state index contributed by atoms with van der Waals surface area (Å²) in [6.45, 7) is 4.16. The van der Waals surface area contributed by atoms with Crippen molar-refractivity contribution in [2.45, 2.75) is 19.8 Å². The molecule has 0 unspecified atom stereocenters. The van der Waals surface area contributed by atoms with Gasteiger partial charge in [0.2, 0.25) is 0 Å². The first kappa shape index (κ1) is 13.1. The van der Waals surface area contributed by atoms with Gasteiger partial charge in [-0.25, -0.2) is 0 Å². The van der Waals surface area contributed by atoms with Gasteiger partial charge in [-0.1, -0.05) is 37.6 Å². The molecular weight excluding hydrogens is 266 g/mol. The maximum absolute atomic E-state index is 12.4. The molecule has 0 fully saturated rings. The number of rotatable bonds is 3. The number of benzene rings is 1. The number of carbonyl (C=O) groups excluding carboxylic acids is 1. The third-order valence-corrected chi connectivity index (χ3v) is 4.31. The van der Waals surface area contributed by atoms with E-state index in [1.807, 2.05) is 6.07 Å². The molecule has 0 saturated carbocycles. The van der Waals surface area contributed by atoms with Crippen LogP contribution in [0.3, 0.4) is 0 Å². The highest BCUT2D eigenvalue weighted by Crippen LogP contribution is 2.32. The highest BCUT2D eigenvalue weighted by Gasteiger charge is 2.18. The van der Waals surface area contributed by atoms with Crippen molar-refractivity contribution >= 4 is 33.7 Å². The zero-order valence-electron chi connectivity index (χ0n) is 10.2. The first-order chi connectivity index (χ1) is 8.50. The topological polar surface area (TPSA) is 43.1 Å². The van der Waals surface area contributed by atoms with E-state index in [9.17, 15) is 4.79 Å². The Morgan fingerprint density at radius 1 is 1.28 bits per heavy atom. The molecule has 0 aliphatic carbocycles. The predicted molar refractivity (Wildman–Crippen MR) is 77.7 cm³/mol. The number of hydrogen-bond donors (Lipinski definition) is 1. The summed E-state index contributed by atoms with van der Waals surface area (Å²) in [7, 11) is 0. The van der Waals surface area contributed by atoms with E-state index in [0.29, 0.717) is 27.1 Å². The minimum atomic E-state index is -0.110. The second-order valence-electron chi connectivity index (χ2n) is 4.39. The Morgan fingerprint density at radius 2 is 1.94 bits per heavy atom. The number of nitrogen functional groups attached to an aromatic ring is 1. The molecule has 1 heterocycles. The number of anilines is 1. The summed E-state index contributed by atoms with van der Waals surface area (Å²) < 4.78 is 0. The summed E-state index contributed by atoms with van der Waals surface area (Å²) in [6, 6.07) is 8.90. The summed E-state index contributed by atoms with van der Waals surface area (Å²) in [5, 5.41) is 1.02. The molecule has 0 radical (unpaired) electrons. The van der Waals surface area contributed by atoms with Crippen LogP contribution in [0, 0.1) is 0 Å². The minimum Gasteiger partial charge on any atom is -0.390 e. The van der Waals surface area contributed by atoms with Crippen molar-refractivity contribution in [1.29, 1.82) is 0 Å². The summed E-state index contributed by atoms with van der Waals surface area (Å²) in [5.41, 5.74) is 6.97. The van der Waals surface area contributed by atoms with Gasteiger partial charge in [0.05, 0.1) is 15.6 Å². The molecule has 2 rings (SSSR count). The number of halogens is 1. The molecule has 1 aromatic carbocycles. The third-order valence-electron chi connectivity index (χ3n) is 2.71. The monoisotopic (exact) mass is 279 g/mol. The molecule has 2 aromatic rings. The summed E-state index contributed by atoms with van der Waals surface area (Å²) in [5.74, 6) is 0.256. The van der Waals surface area contributed by atoms with Crippen molar-refractivity contribution in [2.24, 2.45) is 0 Å². The molecule has 94 valence electrons. The van der Waals surface area contributed by atoms with E-state index >= 15 is 0 Å². The number of nitrogens with two attached hydrogens (primary N) is 1. The van der Waals surface area contributed by atoms with Gasteiger partial charge in [-0.3, -0.25) is 4.79 Å². The van der Waals surface area contributed by atoms with Crippen molar-refractivity contribution in [2.75, 3.05) is 5.73 Å². The summed E-state index contributed by atoms with van der Waals surface area (Å²) >= 11 is 7.50. The molecule has 0 aliphatic heterocycles. The van der Waals surface area contributed by atoms with Crippen molar-refractivity contribution in [3.05, 3.63) is 51.4 Å². The lowest BCUT2D eigenvalue weighted by atomic mass is 10.0. The molecule has 0 saturated heterocycles. The van der Waals surface area contributed by atoms with Gasteiger partial charge in [0.1, 0.15) is 0 Å². The van der Waals surface area contributed by atoms with Gasteiger partial charge in [0, 0.05) is 10.4 Å². The lowest BCUT2D eigenvalue weighted by Crippen LogP contribution is -2.03. The van der Waals surface area contributed by atoms with Gasteiger partial charge < -0.3 is 5.73 Å². The van der Waals surface area contributed by atoms with Gasteiger partial charge in [0.15, 0.2) is 5.78 Å². The van der Waals surface area contributed by atoms with Crippen LogP contribution in [-0.4, -0.2) is 5.78 Å². The molecule has 0 atom stereocenters. The zero-order chi connectivity index (χ0) is 13.3. The van der Waals surface area contributed by atoms with E-state index in [1.54, 1.807) is 24.3 Å². The van der Waals surface area contributed by atoms with Crippen LogP contribution in [0.15, 0.2) is 30.3 Å². The van der Waals surface area contributed by atoms with Crippen molar-refractivity contribution in [3.8, 4) is 0 Å². The number of hydrogen-bond acceptors (Lipinski definition) is 3. The fraction of sp³-hybridized carbons (Fsp3) is 0.214. The molecule has 4 heteroatoms. The summed E-state index contributed by atoms with van der Waals surface area (Å²) in [6.07, 6.45) is 0. The largest absolute Gasteiger partial charge is 0.390 e. The Balaban J connectivity index is 2.44. The summed E-state index contributed by atoms with van der Waals surface area (Å²) in [4.78, 5) is 13.5. The fourth-order valence-corrected chi connectivity index (χ4v) is 2.83. The van der Waals surface area contributed by atoms with Crippen LogP contribution >= 0.6 is 22.9 Å². The molecule has 0 bridgehead atoms. The van der Waals surface area contributed by atoms with Crippen LogP contribution in [0.25, 0.3) is 0 Å². The second-order valence-corrected chi connectivity index (χ2v) is 5.91. The third kappa shape index (κ3) is 2.42. The first-order valence-corrected chi connectivity index (χ1v) is 6.88. The van der Waals surface area contributed by atoms with E-state index in [4.69, 9.17) is 17.3 Å². The van der Waals surface area contributed by atoms with Gasteiger partial charge >= 0.3 is 0 Å². The maximum atomic E-state index is 12.4. The minimum absolute atomic E-state index is 0.110. The Morgan fingerprint density at radius 3 is 2.50 bits per heavy atom. The van der Waals surface area contributed by atoms with Crippen LogP contribution in [0.4, 0.5) is 5.00 Å². The highest BCUT2D eigenvalue weighted by atomic mass is 35.5. The van der Waals surface area contributed by atoms with Gasteiger partial charge in [-0.15, -0.1) is 11.3 Å². The molecular formula is C14H14ClNOS. The normalized spacial score (nSPS) is 10.9. The van der Waals surface area contributed by atoms with Gasteiger partial charge in [0.25, 0.3) is 0 Å². The van der Waals surface area contributed by atoms with Crippen molar-refractivity contribution < 1.29 is 4.79 Å². The standard InChI is InChI=1S/C14H14ClNOS/c1-8(2)12-7-10(14(16)18-12)13(17)9-5-3-4-6-11(9)15/h3-8H,16H2,1-2H3. The van der Waals surface area contributed by atoms with Crippen LogP contribution < -0.4 is 5.73 Å². The van der Waals surface area contributed by atoms with E-state index < -0.39 is 0 Å². The fourth-order valence-electron chi connectivity index (χ4n) is 1.68. The molecule has 2 nitrogen and oxygen atoms in total. The van der Waals surface area contributed by atoms with Gasteiger partial charge in [-0.05, 0) is 24.1 Å². The molecule has 0 aliphatic rings. The predicted octanol–water partition coefficient (Wildman–Crippen LogP) is 4.34. The van der Waals surface area contributed by atoms with E-state index in [1.165, 1.54) is 11.3 Å². The smallest absolute Gasteiger partial charge is 0.197 e. The molecule has 1 aromatic heterocycles. The zero-order valence-corrected chi connectivity index (χ0v) is 11.8. The van der Waals surface area contributed by atoms with Crippen LogP contribution in [0.2, 0.25) is 5.02 Å². The SMILES string of the molecule is CC(C)c1cc(C(=O)c2ccccc2Cl)c(N)s1. The van der Waals surface area contributed by atoms with Crippen molar-refractivity contribution in [1.82, 2.24) is 0 Å². The lowest BCUT2D eigenvalue weighted by Gasteiger charge is -2.02. The lowest BCUT2D eigenvalue weighted by molar-refractivity contribution is 0.104. The Bertz CT molecular complexity index is 589. The quantitative estimate of drug-likeness (QED) is 0.850. The average Bonchev–Trinajstić information content (AvgIpc) is 2.71. The Hall–Kier alpha value is -1.32. The second kappa shape index (κ2) is 5.12. The molecule has 0 spiro atoms. The molecule has 0 amide bonds. The molecule has 18 heavy (non-hydrogen) atoms. The number of ketones is 1. The number of thiophene rings is 1. The van der Waals surface area contributed by atoms with Crippen LogP contribution in [0.5, 0.6) is 0 Å². The molecule has 2 N–H and O–H groups in total. The van der Waals surface area contributed by atoms with E-state index in [-0.39, 0.29) is 5.78 Å². The number of carbonyl (C=O) groups is 1. The Labute approximate surface area is 115 Å². The Kier molecular flexibility index (Phi) is 3.73. The first-order valence-electron chi connectivity index (χ1n) is 5.69. The van der Waals surface area contributed by atoms with Crippen LogP contribution in [0.1, 0.15) is 40.6 Å². The maximum Gasteiger partial charge on any atom is 0.197 e. The van der Waals surface area contributed by atoms with E-state index in [0.717, 1.165) is 4.88 Å². The van der Waals surface area contributed by atoms with Crippen LogP contribution in [-0.2, 0) is 0 Å². The van der Waals surface area contributed by atoms with Crippen molar-refractivity contribution in [3.63, 3.8) is 0 Å². The van der Waals surface area contributed by atoms with E-state index in [2.05, 4.69) is 13.8 Å². The highest BCUT2D eigenvalue weighted by molar-refractivity contribution is 7.16. The van der Waals surface area contributed by atoms with Gasteiger partial charge in [-0.2, -0.15) is 0 Å².